The molecule has 2 N–H and O–H groups in total. The van der Waals surface area contributed by atoms with Crippen LogP contribution < -0.4 is 5.14 Å². The van der Waals surface area contributed by atoms with E-state index in [4.69, 9.17) is 21.7 Å². The van der Waals surface area contributed by atoms with Gasteiger partial charge in [-0.1, -0.05) is 39.8 Å². The lowest BCUT2D eigenvalue weighted by molar-refractivity contribution is 0.567. The fraction of sp³-hybridized carbons (Fsp3) is 0.381. The van der Waals surface area contributed by atoms with Gasteiger partial charge >= 0.3 is 0 Å². The van der Waals surface area contributed by atoms with Gasteiger partial charge < -0.3 is 0 Å². The normalized spacial score (nSPS) is 13.4. The molecule has 0 fully saturated rings. The predicted molar refractivity (Wildman–Crippen MR) is 123 cm³/mol. The van der Waals surface area contributed by atoms with Crippen molar-refractivity contribution in [2.45, 2.75) is 51.2 Å². The van der Waals surface area contributed by atoms with Crippen LogP contribution in [0.25, 0.3) is 21.8 Å². The van der Waals surface area contributed by atoms with E-state index in [9.17, 15) is 8.42 Å². The van der Waals surface area contributed by atoms with E-state index in [0.717, 1.165) is 5.01 Å². The lowest BCUT2D eigenvalue weighted by Crippen LogP contribution is -2.30. The number of nitrogens with zero attached hydrogens (tertiary/aromatic N) is 3. The molecule has 10 heteroatoms. The second-order valence-electron chi connectivity index (χ2n) is 8.26. The summed E-state index contributed by atoms with van der Waals surface area (Å²) in [5, 5.41) is 5.35. The fourth-order valence-electron chi connectivity index (χ4n) is 3.12. The maximum absolute atomic E-state index is 15.6. The third-order valence-electron chi connectivity index (χ3n) is 4.83. The summed E-state index contributed by atoms with van der Waals surface area (Å²) in [6, 6.07) is 6.59. The molecule has 1 atom stereocenters. The summed E-state index contributed by atoms with van der Waals surface area (Å²) in [6.07, 6.45) is 1.81. The Kier molecular flexibility index (Phi) is 6.81. The first kappa shape index (κ1) is 23.7. The first-order valence-electron chi connectivity index (χ1n) is 9.71. The zero-order chi connectivity index (χ0) is 23.0. The molecule has 0 bridgehead atoms. The van der Waals surface area contributed by atoms with Crippen LogP contribution in [-0.4, -0.2) is 28.6 Å². The molecule has 2 aromatic heterocycles. The molecule has 3 aromatic rings. The Morgan fingerprint density at radius 2 is 1.94 bits per heavy atom. The van der Waals surface area contributed by atoms with E-state index < -0.39 is 21.1 Å². The van der Waals surface area contributed by atoms with Crippen molar-refractivity contribution in [1.82, 2.24) is 15.0 Å². The molecule has 6 nitrogen and oxygen atoms in total. The van der Waals surface area contributed by atoms with E-state index in [1.54, 1.807) is 31.2 Å². The standard InChI is InChI=1S/C21H24ClFN4O2S2/c1-5-13(31(24,28)29)11-12-7-6-8-14(16(12)23)17-18(15-9-10-25-20(22)26-15)30-19(27-17)21(2,3)4/h6-10,13H,5,11H2,1-4H3,(H2,24,28,29). The number of aromatic nitrogens is 3. The van der Waals surface area contributed by atoms with E-state index in [2.05, 4.69) is 9.97 Å². The van der Waals surface area contributed by atoms with Crippen LogP contribution in [0.3, 0.4) is 0 Å². The number of rotatable bonds is 6. The number of primary sulfonamides is 1. The molecule has 31 heavy (non-hydrogen) atoms. The van der Waals surface area contributed by atoms with Crippen molar-refractivity contribution < 1.29 is 12.8 Å². The Bertz CT molecular complexity index is 1210. The Hall–Kier alpha value is -1.94. The van der Waals surface area contributed by atoms with Crippen LogP contribution in [0.1, 0.15) is 44.7 Å². The van der Waals surface area contributed by atoms with E-state index >= 15 is 4.39 Å². The number of nitrogens with two attached hydrogens (primary N) is 1. The molecule has 0 saturated heterocycles. The Morgan fingerprint density at radius 1 is 1.23 bits per heavy atom. The number of sulfonamides is 1. The van der Waals surface area contributed by atoms with Gasteiger partial charge in [-0.2, -0.15) is 0 Å². The summed E-state index contributed by atoms with van der Waals surface area (Å²) in [5.41, 5.74) is 1.27. The van der Waals surface area contributed by atoms with Gasteiger partial charge in [0.1, 0.15) is 5.82 Å². The Balaban J connectivity index is 2.18. The highest BCUT2D eigenvalue weighted by Crippen LogP contribution is 2.41. The highest BCUT2D eigenvalue weighted by molar-refractivity contribution is 7.89. The van der Waals surface area contributed by atoms with Crippen LogP contribution in [0.15, 0.2) is 30.5 Å². The number of halogens is 2. The molecule has 0 saturated carbocycles. The van der Waals surface area contributed by atoms with Crippen LogP contribution in [-0.2, 0) is 21.9 Å². The smallest absolute Gasteiger partial charge is 0.222 e. The third kappa shape index (κ3) is 5.28. The lowest BCUT2D eigenvalue weighted by atomic mass is 9.98. The minimum Gasteiger partial charge on any atom is -0.240 e. The monoisotopic (exact) mass is 482 g/mol. The molecule has 0 radical (unpaired) electrons. The van der Waals surface area contributed by atoms with Gasteiger partial charge in [-0.15, -0.1) is 11.3 Å². The van der Waals surface area contributed by atoms with Crippen molar-refractivity contribution in [3.8, 4) is 21.8 Å². The Morgan fingerprint density at radius 3 is 2.52 bits per heavy atom. The van der Waals surface area contributed by atoms with Crippen LogP contribution in [0.5, 0.6) is 0 Å². The summed E-state index contributed by atoms with van der Waals surface area (Å²) in [4.78, 5) is 13.6. The summed E-state index contributed by atoms with van der Waals surface area (Å²) in [7, 11) is -3.79. The van der Waals surface area contributed by atoms with Crippen LogP contribution in [0.4, 0.5) is 4.39 Å². The van der Waals surface area contributed by atoms with Crippen LogP contribution in [0.2, 0.25) is 5.28 Å². The van der Waals surface area contributed by atoms with Gasteiger partial charge in [0.2, 0.25) is 15.3 Å². The van der Waals surface area contributed by atoms with Gasteiger partial charge in [-0.3, -0.25) is 0 Å². The first-order valence-corrected chi connectivity index (χ1v) is 12.5. The maximum atomic E-state index is 15.6. The minimum absolute atomic E-state index is 0.0139. The molecule has 0 aliphatic carbocycles. The molecular formula is C21H24ClFN4O2S2. The maximum Gasteiger partial charge on any atom is 0.222 e. The van der Waals surface area contributed by atoms with Gasteiger partial charge in [0.05, 0.1) is 26.5 Å². The van der Waals surface area contributed by atoms with Crippen molar-refractivity contribution in [2.24, 2.45) is 5.14 Å². The molecule has 166 valence electrons. The van der Waals surface area contributed by atoms with Gasteiger partial charge in [0.25, 0.3) is 0 Å². The topological polar surface area (TPSA) is 98.8 Å². The second kappa shape index (κ2) is 8.90. The SMILES string of the molecule is CCC(Cc1cccc(-c2nc(C(C)(C)C)sc2-c2ccnc(Cl)n2)c1F)S(N)(=O)=O. The Labute approximate surface area is 190 Å². The van der Waals surface area contributed by atoms with Crippen LogP contribution >= 0.6 is 22.9 Å². The second-order valence-corrected chi connectivity index (χ2v) is 11.4. The molecule has 0 spiro atoms. The highest BCUT2D eigenvalue weighted by atomic mass is 35.5. The van der Waals surface area contributed by atoms with E-state index in [1.807, 2.05) is 20.8 Å². The molecule has 1 unspecified atom stereocenters. The largest absolute Gasteiger partial charge is 0.240 e. The average Bonchev–Trinajstić information content (AvgIpc) is 3.12. The molecule has 3 rings (SSSR count). The highest BCUT2D eigenvalue weighted by Gasteiger charge is 2.27. The van der Waals surface area contributed by atoms with Crippen molar-refractivity contribution in [3.05, 3.63) is 52.1 Å². The lowest BCUT2D eigenvalue weighted by Gasteiger charge is -2.15. The zero-order valence-electron chi connectivity index (χ0n) is 17.7. The van der Waals surface area contributed by atoms with E-state index in [0.29, 0.717) is 16.3 Å². The van der Waals surface area contributed by atoms with E-state index in [-0.39, 0.29) is 34.7 Å². The minimum atomic E-state index is -3.79. The molecule has 0 amide bonds. The summed E-state index contributed by atoms with van der Waals surface area (Å²) in [5.74, 6) is -0.517. The van der Waals surface area contributed by atoms with Gasteiger partial charge in [0, 0.05) is 17.2 Å². The van der Waals surface area contributed by atoms with Crippen molar-refractivity contribution in [2.75, 3.05) is 0 Å². The summed E-state index contributed by atoms with van der Waals surface area (Å²) < 4.78 is 39.3. The molecule has 0 aliphatic rings. The molecule has 2 heterocycles. The van der Waals surface area contributed by atoms with Crippen molar-refractivity contribution >= 4 is 33.0 Å². The van der Waals surface area contributed by atoms with Gasteiger partial charge in [-0.05, 0) is 42.1 Å². The number of hydrogen-bond acceptors (Lipinski definition) is 6. The predicted octanol–water partition coefficient (Wildman–Crippen LogP) is 4.97. The number of benzene rings is 1. The summed E-state index contributed by atoms with van der Waals surface area (Å²) in [6.45, 7) is 7.79. The van der Waals surface area contributed by atoms with Crippen LogP contribution in [0, 0.1) is 5.82 Å². The van der Waals surface area contributed by atoms with E-state index in [1.165, 1.54) is 17.5 Å². The fourth-order valence-corrected chi connectivity index (χ4v) is 5.25. The molecule has 1 aromatic carbocycles. The third-order valence-corrected chi connectivity index (χ3v) is 7.94. The van der Waals surface area contributed by atoms with Gasteiger partial charge in [-0.25, -0.2) is 32.9 Å². The zero-order valence-corrected chi connectivity index (χ0v) is 20.1. The number of hydrogen-bond donors (Lipinski definition) is 1. The molecule has 0 aliphatic heterocycles. The van der Waals surface area contributed by atoms with Crippen molar-refractivity contribution in [1.29, 1.82) is 0 Å². The average molecular weight is 483 g/mol. The molecular weight excluding hydrogens is 459 g/mol. The number of thiazole rings is 1. The first-order chi connectivity index (χ1) is 14.4. The van der Waals surface area contributed by atoms with Crippen molar-refractivity contribution in [3.63, 3.8) is 0 Å². The quantitative estimate of drug-likeness (QED) is 0.500. The summed E-state index contributed by atoms with van der Waals surface area (Å²) >= 11 is 7.40. The van der Waals surface area contributed by atoms with Gasteiger partial charge in [0.15, 0.2) is 0 Å².